The minimum absolute atomic E-state index is 0.0577. The highest BCUT2D eigenvalue weighted by Gasteiger charge is 2.06. The first-order valence-corrected chi connectivity index (χ1v) is 4.68. The van der Waals surface area contributed by atoms with Gasteiger partial charge in [-0.1, -0.05) is 6.07 Å². The average Bonchev–Trinajstić information content (AvgIpc) is 2.27. The lowest BCUT2D eigenvalue weighted by Gasteiger charge is -2.08. The Kier molecular flexibility index (Phi) is 4.73. The first kappa shape index (κ1) is 11.6. The van der Waals surface area contributed by atoms with Gasteiger partial charge in [0.05, 0.1) is 19.1 Å². The number of aliphatic hydroxyl groups is 2. The zero-order chi connectivity index (χ0) is 11.1. The number of carbonyl (C=O) groups is 1. The topological polar surface area (TPSA) is 82.5 Å². The summed E-state index contributed by atoms with van der Waals surface area (Å²) in [5, 5.41) is 20.0. The molecule has 3 N–H and O–H groups in total. The Hall–Kier alpha value is -1.46. The van der Waals surface area contributed by atoms with Crippen molar-refractivity contribution in [2.24, 2.45) is 0 Å². The highest BCUT2D eigenvalue weighted by molar-refractivity contribution is 5.78. The van der Waals surface area contributed by atoms with E-state index in [9.17, 15) is 4.79 Å². The zero-order valence-electron chi connectivity index (χ0n) is 8.26. The quantitative estimate of drug-likeness (QED) is 0.588. The number of hydrogen-bond acceptors (Lipinski definition) is 4. The number of rotatable bonds is 5. The Morgan fingerprint density at radius 1 is 1.53 bits per heavy atom. The van der Waals surface area contributed by atoms with E-state index in [4.69, 9.17) is 10.2 Å². The Labute approximate surface area is 87.8 Å². The van der Waals surface area contributed by atoms with Gasteiger partial charge in [-0.3, -0.25) is 9.78 Å². The van der Waals surface area contributed by atoms with Crippen LogP contribution in [-0.4, -0.2) is 40.4 Å². The van der Waals surface area contributed by atoms with Gasteiger partial charge in [0.15, 0.2) is 0 Å². The molecule has 0 aliphatic rings. The molecule has 0 aromatic carbocycles. The summed E-state index contributed by atoms with van der Waals surface area (Å²) in [6.45, 7) is -0.300. The van der Waals surface area contributed by atoms with Gasteiger partial charge in [-0.2, -0.15) is 0 Å². The summed E-state index contributed by atoms with van der Waals surface area (Å²) in [5.41, 5.74) is 0.675. The second-order valence-corrected chi connectivity index (χ2v) is 3.14. The van der Waals surface area contributed by atoms with Crippen molar-refractivity contribution in [3.8, 4) is 0 Å². The zero-order valence-corrected chi connectivity index (χ0v) is 8.26. The van der Waals surface area contributed by atoms with Crippen molar-refractivity contribution in [1.82, 2.24) is 10.3 Å². The molecule has 0 radical (unpaired) electrons. The molecule has 1 aromatic heterocycles. The third-order valence-corrected chi connectivity index (χ3v) is 1.81. The molecule has 0 aliphatic heterocycles. The maximum Gasteiger partial charge on any atom is 0.226 e. The maximum atomic E-state index is 11.3. The van der Waals surface area contributed by atoms with Crippen LogP contribution < -0.4 is 5.32 Å². The second kappa shape index (κ2) is 6.10. The number of aliphatic hydroxyl groups excluding tert-OH is 2. The van der Waals surface area contributed by atoms with E-state index in [1.165, 1.54) is 0 Å². The molecule has 1 unspecified atom stereocenters. The van der Waals surface area contributed by atoms with E-state index in [2.05, 4.69) is 10.3 Å². The molecule has 1 rings (SSSR count). The first-order valence-electron chi connectivity index (χ1n) is 4.68. The van der Waals surface area contributed by atoms with Crippen LogP contribution in [0.15, 0.2) is 24.4 Å². The summed E-state index contributed by atoms with van der Waals surface area (Å²) in [5.74, 6) is -0.221. The largest absolute Gasteiger partial charge is 0.394 e. The van der Waals surface area contributed by atoms with E-state index in [-0.39, 0.29) is 25.5 Å². The van der Waals surface area contributed by atoms with Gasteiger partial charge < -0.3 is 15.5 Å². The van der Waals surface area contributed by atoms with Gasteiger partial charge in [0, 0.05) is 18.4 Å². The molecule has 15 heavy (non-hydrogen) atoms. The van der Waals surface area contributed by atoms with Crippen LogP contribution >= 0.6 is 0 Å². The van der Waals surface area contributed by atoms with Crippen LogP contribution in [-0.2, 0) is 11.2 Å². The fraction of sp³-hybridized carbons (Fsp3) is 0.400. The predicted octanol–water partition coefficient (Wildman–Crippen LogP) is -0.907. The molecule has 0 bridgehead atoms. The molecular weight excluding hydrogens is 196 g/mol. The first-order chi connectivity index (χ1) is 7.22. The average molecular weight is 210 g/mol. The number of carbonyl (C=O) groups excluding carboxylic acids is 1. The van der Waals surface area contributed by atoms with Gasteiger partial charge in [0.25, 0.3) is 0 Å². The van der Waals surface area contributed by atoms with Crippen LogP contribution in [0.5, 0.6) is 0 Å². The van der Waals surface area contributed by atoms with Crippen LogP contribution in [0.1, 0.15) is 5.69 Å². The molecular formula is C10H14N2O3. The number of aromatic nitrogens is 1. The number of pyridine rings is 1. The van der Waals surface area contributed by atoms with Crippen LogP contribution in [0.3, 0.4) is 0 Å². The van der Waals surface area contributed by atoms with E-state index in [1.807, 2.05) is 0 Å². The van der Waals surface area contributed by atoms with E-state index in [0.717, 1.165) is 0 Å². The summed E-state index contributed by atoms with van der Waals surface area (Å²) >= 11 is 0. The van der Waals surface area contributed by atoms with Gasteiger partial charge in [0.2, 0.25) is 5.91 Å². The van der Waals surface area contributed by atoms with E-state index < -0.39 is 6.10 Å². The molecule has 0 spiro atoms. The molecule has 5 nitrogen and oxygen atoms in total. The molecule has 0 fully saturated rings. The molecule has 0 saturated carbocycles. The van der Waals surface area contributed by atoms with E-state index in [0.29, 0.717) is 5.69 Å². The van der Waals surface area contributed by atoms with Crippen molar-refractivity contribution >= 4 is 5.91 Å². The molecule has 0 saturated heterocycles. The van der Waals surface area contributed by atoms with Crippen molar-refractivity contribution in [2.45, 2.75) is 12.5 Å². The number of amides is 1. The second-order valence-electron chi connectivity index (χ2n) is 3.14. The summed E-state index contributed by atoms with van der Waals surface area (Å²) in [7, 11) is 0. The standard InChI is InChI=1S/C10H14N2O3/c13-7-9(14)6-12-10(15)5-8-3-1-2-4-11-8/h1-4,9,13-14H,5-7H2,(H,12,15). The van der Waals surface area contributed by atoms with Crippen molar-refractivity contribution in [2.75, 3.05) is 13.2 Å². The Morgan fingerprint density at radius 3 is 2.93 bits per heavy atom. The normalized spacial score (nSPS) is 12.1. The Bertz CT molecular complexity index is 303. The minimum atomic E-state index is -0.905. The molecule has 1 amide bonds. The number of nitrogens with one attached hydrogen (secondary N) is 1. The molecule has 1 atom stereocenters. The van der Waals surface area contributed by atoms with Crippen molar-refractivity contribution < 1.29 is 15.0 Å². The summed E-state index contributed by atoms with van der Waals surface area (Å²) < 4.78 is 0. The minimum Gasteiger partial charge on any atom is -0.394 e. The van der Waals surface area contributed by atoms with Crippen LogP contribution in [0.25, 0.3) is 0 Å². The smallest absolute Gasteiger partial charge is 0.226 e. The SMILES string of the molecule is O=C(Cc1ccccn1)NCC(O)CO. The van der Waals surface area contributed by atoms with Gasteiger partial charge in [0.1, 0.15) is 0 Å². The highest BCUT2D eigenvalue weighted by Crippen LogP contribution is 1.94. The lowest BCUT2D eigenvalue weighted by Crippen LogP contribution is -2.34. The highest BCUT2D eigenvalue weighted by atomic mass is 16.3. The van der Waals surface area contributed by atoms with E-state index >= 15 is 0 Å². The van der Waals surface area contributed by atoms with Crippen molar-refractivity contribution in [1.29, 1.82) is 0 Å². The maximum absolute atomic E-state index is 11.3. The van der Waals surface area contributed by atoms with Crippen LogP contribution in [0.2, 0.25) is 0 Å². The van der Waals surface area contributed by atoms with Gasteiger partial charge in [-0.05, 0) is 12.1 Å². The lowest BCUT2D eigenvalue weighted by molar-refractivity contribution is -0.121. The Morgan fingerprint density at radius 2 is 2.33 bits per heavy atom. The van der Waals surface area contributed by atoms with Crippen LogP contribution in [0, 0.1) is 0 Å². The summed E-state index contributed by atoms with van der Waals surface area (Å²) in [6.07, 6.45) is 0.891. The van der Waals surface area contributed by atoms with Crippen molar-refractivity contribution in [3.05, 3.63) is 30.1 Å². The number of nitrogens with zero attached hydrogens (tertiary/aromatic N) is 1. The van der Waals surface area contributed by atoms with E-state index in [1.54, 1.807) is 24.4 Å². The fourth-order valence-corrected chi connectivity index (χ4v) is 1.03. The number of hydrogen-bond donors (Lipinski definition) is 3. The molecule has 1 heterocycles. The molecule has 5 heteroatoms. The third-order valence-electron chi connectivity index (χ3n) is 1.81. The van der Waals surface area contributed by atoms with Gasteiger partial charge in [-0.15, -0.1) is 0 Å². The third kappa shape index (κ3) is 4.53. The molecule has 82 valence electrons. The Balaban J connectivity index is 2.31. The van der Waals surface area contributed by atoms with Crippen molar-refractivity contribution in [3.63, 3.8) is 0 Å². The summed E-state index contributed by atoms with van der Waals surface area (Å²) in [4.78, 5) is 15.3. The monoisotopic (exact) mass is 210 g/mol. The predicted molar refractivity (Wildman–Crippen MR) is 54.0 cm³/mol. The van der Waals surface area contributed by atoms with Gasteiger partial charge in [-0.25, -0.2) is 0 Å². The van der Waals surface area contributed by atoms with Crippen LogP contribution in [0.4, 0.5) is 0 Å². The summed E-state index contributed by atoms with van der Waals surface area (Å²) in [6, 6.07) is 5.33. The lowest BCUT2D eigenvalue weighted by atomic mass is 10.2. The molecule has 0 aliphatic carbocycles. The fourth-order valence-electron chi connectivity index (χ4n) is 1.03. The van der Waals surface area contributed by atoms with Gasteiger partial charge >= 0.3 is 0 Å². The molecule has 1 aromatic rings.